The third kappa shape index (κ3) is 19.1. The van der Waals surface area contributed by atoms with Crippen LogP contribution in [0.2, 0.25) is 0 Å². The molecule has 20 nitrogen and oxygen atoms in total. The Kier molecular flexibility index (Phi) is 25.0. The summed E-state index contributed by atoms with van der Waals surface area (Å²) in [4.78, 5) is 117. The van der Waals surface area contributed by atoms with E-state index >= 15 is 0 Å². The smallest absolute Gasteiger partial charge is 0.747 e. The summed E-state index contributed by atoms with van der Waals surface area (Å²) in [6.45, 7) is 1.10. The molecule has 3 aliphatic heterocycles. The molecule has 2 aromatic rings. The van der Waals surface area contributed by atoms with Crippen LogP contribution < -0.4 is 61.5 Å². The van der Waals surface area contributed by atoms with E-state index in [2.05, 4.69) is 36.7 Å². The first-order valence-corrected chi connectivity index (χ1v) is 27.9. The second kappa shape index (κ2) is 30.0. The predicted octanol–water partition coefficient (Wildman–Crippen LogP) is -0.272. The van der Waals surface area contributed by atoms with Gasteiger partial charge in [0.15, 0.2) is 5.78 Å². The number of hydrogen-bond donors (Lipinski definition) is 6. The van der Waals surface area contributed by atoms with Crippen molar-refractivity contribution in [3.8, 4) is 0 Å². The molecule has 3 fully saturated rings. The van der Waals surface area contributed by atoms with Gasteiger partial charge in [0.05, 0.1) is 24.9 Å². The fourth-order valence-electron chi connectivity index (χ4n) is 7.64. The monoisotopic (exact) mass is 1060 g/mol. The molecular formula is C45H58N7NaO13S4. The summed E-state index contributed by atoms with van der Waals surface area (Å²) in [5.74, 6) is -3.29. The zero-order chi connectivity index (χ0) is 49.8. The molecule has 0 bridgehead atoms. The predicted molar refractivity (Wildman–Crippen MR) is 258 cm³/mol. The van der Waals surface area contributed by atoms with Gasteiger partial charge in [0.2, 0.25) is 17.7 Å². The minimum Gasteiger partial charge on any atom is -0.747 e. The van der Waals surface area contributed by atoms with Gasteiger partial charge < -0.3 is 41.3 Å². The molecule has 8 amide bonds. The maximum atomic E-state index is 13.4. The number of nitrogens with one attached hydrogen (secondary N) is 6. The Morgan fingerprint density at radius 3 is 2.06 bits per heavy atom. The van der Waals surface area contributed by atoms with Crippen molar-refractivity contribution in [2.75, 3.05) is 36.9 Å². The Labute approximate surface area is 441 Å². The van der Waals surface area contributed by atoms with Gasteiger partial charge in [-0.25, -0.2) is 18.0 Å². The Hall–Kier alpha value is -4.17. The maximum Gasteiger partial charge on any atom is 1.00 e. The fraction of sp³-hybridized carbons (Fsp3) is 0.533. The van der Waals surface area contributed by atoms with E-state index in [4.69, 9.17) is 0 Å². The molecule has 70 heavy (non-hydrogen) atoms. The number of amides is 8. The van der Waals surface area contributed by atoms with Gasteiger partial charge in [-0.3, -0.25) is 33.6 Å². The van der Waals surface area contributed by atoms with Crippen LogP contribution in [0.5, 0.6) is 0 Å². The maximum absolute atomic E-state index is 13.4. The molecule has 0 radical (unpaired) electrons. The number of imide groups is 1. The molecule has 3 heterocycles. The van der Waals surface area contributed by atoms with Crippen molar-refractivity contribution in [2.45, 2.75) is 112 Å². The van der Waals surface area contributed by atoms with E-state index in [9.17, 15) is 56.1 Å². The van der Waals surface area contributed by atoms with Gasteiger partial charge >= 0.3 is 41.6 Å². The summed E-state index contributed by atoms with van der Waals surface area (Å²) < 4.78 is 33.6. The van der Waals surface area contributed by atoms with E-state index in [0.717, 1.165) is 37.9 Å². The van der Waals surface area contributed by atoms with Crippen LogP contribution in [-0.4, -0.2) is 137 Å². The van der Waals surface area contributed by atoms with Crippen molar-refractivity contribution >= 4 is 96.7 Å². The van der Waals surface area contributed by atoms with Crippen LogP contribution in [0.15, 0.2) is 54.6 Å². The van der Waals surface area contributed by atoms with Crippen molar-refractivity contribution in [3.05, 3.63) is 71.3 Å². The van der Waals surface area contributed by atoms with Crippen molar-refractivity contribution in [3.63, 3.8) is 0 Å². The van der Waals surface area contributed by atoms with Gasteiger partial charge in [-0.1, -0.05) is 76.9 Å². The zero-order valence-electron chi connectivity index (χ0n) is 38.9. The van der Waals surface area contributed by atoms with Gasteiger partial charge in [-0.15, -0.1) is 5.06 Å². The molecule has 0 aliphatic carbocycles. The molecule has 2 aromatic carbocycles. The summed E-state index contributed by atoms with van der Waals surface area (Å²) in [7, 11) is -2.57. The second-order valence-electron chi connectivity index (χ2n) is 16.5. The molecule has 376 valence electrons. The quantitative estimate of drug-likeness (QED) is 0.0112. The van der Waals surface area contributed by atoms with E-state index < -0.39 is 57.4 Å². The van der Waals surface area contributed by atoms with E-state index in [1.807, 2.05) is 11.8 Å². The van der Waals surface area contributed by atoms with Crippen LogP contribution in [0.4, 0.5) is 4.79 Å². The molecule has 0 saturated carbocycles. The number of benzene rings is 2. The number of ketones is 1. The van der Waals surface area contributed by atoms with E-state index in [1.165, 1.54) is 33.7 Å². The average Bonchev–Trinajstić information content (AvgIpc) is 3.98. The SMILES string of the molecule is O=C(CCCCCNC(=O)CCCCC1SCC2NC(=O)NC21)NCCCCC(NC(=O)c1ccc(C(=O)c2ccccc2)cc1)C(=O)NCCSSCCC(=O)ON1C(=O)CC(S(=O)(=O)[O-])C1=O.[Na+]. The first-order chi connectivity index (χ1) is 33.1. The van der Waals surface area contributed by atoms with Crippen LogP contribution in [0, 0.1) is 0 Å². The first-order valence-electron chi connectivity index (χ1n) is 22.9. The summed E-state index contributed by atoms with van der Waals surface area (Å²) in [5, 5.41) is 15.6. The molecule has 3 aliphatic rings. The molecule has 6 N–H and O–H groups in total. The molecule has 5 rings (SSSR count). The second-order valence-corrected chi connectivity index (χ2v) is 22.1. The van der Waals surface area contributed by atoms with Crippen molar-refractivity contribution < 1.29 is 90.5 Å². The summed E-state index contributed by atoms with van der Waals surface area (Å²) >= 11 is 1.86. The number of unbranched alkanes of at least 4 members (excludes halogenated alkanes) is 4. The van der Waals surface area contributed by atoms with Gasteiger partial charge in [0, 0.05) is 71.7 Å². The number of nitrogens with zero attached hydrogens (tertiary/aromatic N) is 1. The van der Waals surface area contributed by atoms with E-state index in [1.54, 1.807) is 42.5 Å². The fourth-order valence-corrected chi connectivity index (χ4v) is 11.8. The van der Waals surface area contributed by atoms with Crippen LogP contribution in [0.25, 0.3) is 0 Å². The van der Waals surface area contributed by atoms with Gasteiger partial charge in [-0.2, -0.15) is 11.8 Å². The number of urea groups is 1. The van der Waals surface area contributed by atoms with Gasteiger partial charge in [-0.05, 0) is 57.1 Å². The van der Waals surface area contributed by atoms with E-state index in [-0.39, 0.29) is 101 Å². The molecule has 3 saturated heterocycles. The average molecular weight is 1060 g/mol. The number of carbonyl (C=O) groups is 9. The number of carbonyl (C=O) groups excluding carboxylic acids is 9. The third-order valence-corrected chi connectivity index (χ3v) is 16.3. The van der Waals surface area contributed by atoms with Crippen molar-refractivity contribution in [2.24, 2.45) is 0 Å². The standard InChI is InChI=1S/C45H59N7O13S4.Na/c53-36(15-5-2-9-22-46-37(54)16-7-6-14-34-40-33(28-66-34)50-45(61)51-40)47-23-10-8-13-32(49-42(58)31-19-17-30(18-20-31)41(57)29-11-3-1-4-12-29)43(59)48-24-26-68-67-25-21-39(56)65-52-38(55)27-35(44(52)60)69(62,63)64;/h1,3-4,11-12,17-20,32-35,40H,2,5-10,13-16,21-28H2,(H,46,54)(H,47,53)(H,48,59)(H,49,58)(H2,50,51,61)(H,62,63,64);/q;+1/p-1. The summed E-state index contributed by atoms with van der Waals surface area (Å²) in [5.41, 5.74) is 1.14. The number of thioether (sulfide) groups is 1. The third-order valence-electron chi connectivity index (χ3n) is 11.4. The summed E-state index contributed by atoms with van der Waals surface area (Å²) in [6, 6.07) is 14.1. The normalized spacial score (nSPS) is 18.7. The largest absolute Gasteiger partial charge is 1.00 e. The molecule has 5 unspecified atom stereocenters. The molecule has 25 heteroatoms. The van der Waals surface area contributed by atoms with Crippen LogP contribution in [0.3, 0.4) is 0 Å². The van der Waals surface area contributed by atoms with Crippen molar-refractivity contribution in [1.82, 2.24) is 37.0 Å². The first kappa shape index (κ1) is 58.4. The number of fused-ring (bicyclic) bond motifs is 1. The van der Waals surface area contributed by atoms with Crippen LogP contribution in [-0.2, 0) is 43.7 Å². The zero-order valence-corrected chi connectivity index (χ0v) is 44.2. The van der Waals surface area contributed by atoms with Gasteiger partial charge in [0.25, 0.3) is 17.7 Å². The van der Waals surface area contributed by atoms with Crippen LogP contribution in [0.1, 0.15) is 110 Å². The minimum absolute atomic E-state index is 0. The topological polar surface area (TPSA) is 295 Å². The van der Waals surface area contributed by atoms with Gasteiger partial charge in [0.1, 0.15) is 21.4 Å². The molecule has 0 aromatic heterocycles. The Balaban J connectivity index is 0.0000107. The van der Waals surface area contributed by atoms with Crippen LogP contribution >= 0.6 is 33.3 Å². The van der Waals surface area contributed by atoms with Crippen molar-refractivity contribution in [1.29, 1.82) is 0 Å². The number of rotatable bonds is 30. The molecule has 5 atom stereocenters. The Bertz CT molecular complexity index is 2260. The number of hydrogen-bond acceptors (Lipinski definition) is 16. The number of hydroxylamine groups is 2. The molecular weight excluding hydrogens is 998 g/mol. The van der Waals surface area contributed by atoms with E-state index in [0.29, 0.717) is 67.3 Å². The minimum atomic E-state index is -5.10. The Morgan fingerprint density at radius 2 is 1.39 bits per heavy atom. The Morgan fingerprint density at radius 1 is 0.757 bits per heavy atom. The molecule has 0 spiro atoms. The summed E-state index contributed by atoms with van der Waals surface area (Å²) in [6.07, 6.45) is 5.78.